The molecule has 28 heavy (non-hydrogen) atoms. The number of rotatable bonds is 5. The molecule has 0 saturated carbocycles. The fourth-order valence-corrected chi connectivity index (χ4v) is 2.93. The topological polar surface area (TPSA) is 67.4 Å². The number of ether oxygens (including phenoxy) is 1. The fourth-order valence-electron chi connectivity index (χ4n) is 2.67. The number of methoxy groups -OCH3 is 1. The van der Waals surface area contributed by atoms with Crippen molar-refractivity contribution in [3.05, 3.63) is 87.9 Å². The maximum Gasteiger partial charge on any atom is 0.255 e. The molecule has 3 aromatic rings. The number of halogens is 1. The Morgan fingerprint density at radius 1 is 0.821 bits per heavy atom. The van der Waals surface area contributed by atoms with Crippen molar-refractivity contribution in [2.75, 3.05) is 17.7 Å². The molecular weight excluding hydrogens is 420 g/mol. The summed E-state index contributed by atoms with van der Waals surface area (Å²) in [6, 6.07) is 19.5. The van der Waals surface area contributed by atoms with Crippen LogP contribution in [-0.4, -0.2) is 18.9 Å². The quantitative estimate of drug-likeness (QED) is 0.569. The van der Waals surface area contributed by atoms with Crippen LogP contribution < -0.4 is 15.4 Å². The Kier molecular flexibility index (Phi) is 6.11. The summed E-state index contributed by atoms with van der Waals surface area (Å²) in [5.74, 6) is 0.00287. The predicted molar refractivity (Wildman–Crippen MR) is 114 cm³/mol. The number of hydrogen-bond acceptors (Lipinski definition) is 3. The van der Waals surface area contributed by atoms with E-state index in [1.165, 1.54) is 7.11 Å². The third-order valence-corrected chi connectivity index (χ3v) is 4.71. The van der Waals surface area contributed by atoms with E-state index >= 15 is 0 Å². The first-order valence-electron chi connectivity index (χ1n) is 8.60. The van der Waals surface area contributed by atoms with Gasteiger partial charge in [-0.2, -0.15) is 0 Å². The first-order valence-corrected chi connectivity index (χ1v) is 9.39. The normalized spacial score (nSPS) is 10.2. The van der Waals surface area contributed by atoms with Crippen molar-refractivity contribution in [2.24, 2.45) is 0 Å². The molecule has 0 atom stereocenters. The second-order valence-corrected chi connectivity index (χ2v) is 7.06. The van der Waals surface area contributed by atoms with Crippen molar-refractivity contribution in [1.29, 1.82) is 0 Å². The zero-order valence-electron chi connectivity index (χ0n) is 15.5. The number of aryl methyl sites for hydroxylation is 1. The molecule has 3 rings (SSSR count). The molecule has 0 fully saturated rings. The van der Waals surface area contributed by atoms with Gasteiger partial charge in [0.25, 0.3) is 11.8 Å². The molecule has 6 heteroatoms. The summed E-state index contributed by atoms with van der Waals surface area (Å²) in [6.45, 7) is 1.86. The van der Waals surface area contributed by atoms with E-state index in [4.69, 9.17) is 4.74 Å². The molecule has 2 N–H and O–H groups in total. The molecule has 0 bridgehead atoms. The van der Waals surface area contributed by atoms with Crippen molar-refractivity contribution in [3.8, 4) is 5.75 Å². The second kappa shape index (κ2) is 8.71. The molecule has 5 nitrogen and oxygen atoms in total. The molecule has 0 heterocycles. The molecule has 0 aliphatic rings. The zero-order valence-corrected chi connectivity index (χ0v) is 17.0. The van der Waals surface area contributed by atoms with Gasteiger partial charge in [-0.1, -0.05) is 34.1 Å². The SMILES string of the molecule is COc1cc(NC(=O)c2ccccc2)c(C)cc1NC(=O)c1ccc(Br)cc1. The van der Waals surface area contributed by atoms with E-state index in [-0.39, 0.29) is 11.8 Å². The summed E-state index contributed by atoms with van der Waals surface area (Å²) >= 11 is 3.35. The number of carbonyl (C=O) groups excluding carboxylic acids is 2. The Hall–Kier alpha value is -3.12. The Bertz CT molecular complexity index is 1000. The van der Waals surface area contributed by atoms with E-state index in [0.29, 0.717) is 28.3 Å². The molecule has 3 aromatic carbocycles. The van der Waals surface area contributed by atoms with E-state index < -0.39 is 0 Å². The predicted octanol–water partition coefficient (Wildman–Crippen LogP) is 5.27. The number of carbonyl (C=O) groups is 2. The summed E-state index contributed by atoms with van der Waals surface area (Å²) < 4.78 is 6.31. The summed E-state index contributed by atoms with van der Waals surface area (Å²) in [5.41, 5.74) is 3.05. The van der Waals surface area contributed by atoms with Crippen LogP contribution in [-0.2, 0) is 0 Å². The van der Waals surface area contributed by atoms with Crippen LogP contribution in [0.5, 0.6) is 5.75 Å². The van der Waals surface area contributed by atoms with Crippen molar-refractivity contribution in [3.63, 3.8) is 0 Å². The lowest BCUT2D eigenvalue weighted by molar-refractivity contribution is 0.101. The van der Waals surface area contributed by atoms with Crippen molar-refractivity contribution < 1.29 is 14.3 Å². The Balaban J connectivity index is 1.82. The van der Waals surface area contributed by atoms with Gasteiger partial charge in [-0.05, 0) is 55.0 Å². The van der Waals surface area contributed by atoms with Gasteiger partial charge in [0.15, 0.2) is 0 Å². The van der Waals surface area contributed by atoms with Crippen LogP contribution in [0, 0.1) is 6.92 Å². The van der Waals surface area contributed by atoms with Crippen LogP contribution in [0.4, 0.5) is 11.4 Å². The Morgan fingerprint density at radius 2 is 1.39 bits per heavy atom. The average Bonchev–Trinajstić information content (AvgIpc) is 2.71. The van der Waals surface area contributed by atoms with Gasteiger partial charge in [0.2, 0.25) is 0 Å². The Labute approximate surface area is 171 Å². The Morgan fingerprint density at radius 3 is 2.00 bits per heavy atom. The van der Waals surface area contributed by atoms with Gasteiger partial charge >= 0.3 is 0 Å². The highest BCUT2D eigenvalue weighted by Crippen LogP contribution is 2.32. The van der Waals surface area contributed by atoms with Crippen LogP contribution in [0.2, 0.25) is 0 Å². The molecule has 0 unspecified atom stereocenters. The van der Waals surface area contributed by atoms with Crippen molar-refractivity contribution in [2.45, 2.75) is 6.92 Å². The third kappa shape index (κ3) is 4.58. The molecule has 0 spiro atoms. The third-order valence-electron chi connectivity index (χ3n) is 4.19. The summed E-state index contributed by atoms with van der Waals surface area (Å²) in [7, 11) is 1.52. The van der Waals surface area contributed by atoms with E-state index in [9.17, 15) is 9.59 Å². The van der Waals surface area contributed by atoms with Gasteiger partial charge in [-0.15, -0.1) is 0 Å². The van der Waals surface area contributed by atoms with Gasteiger partial charge in [0.05, 0.1) is 12.8 Å². The minimum absolute atomic E-state index is 0.211. The standard InChI is InChI=1S/C22H19BrN2O3/c1-14-12-19(25-22(27)16-8-10-17(23)11-9-16)20(28-2)13-18(14)24-21(26)15-6-4-3-5-7-15/h3-13H,1-2H3,(H,24,26)(H,25,27). The zero-order chi connectivity index (χ0) is 20.1. The first kappa shape index (κ1) is 19.6. The average molecular weight is 439 g/mol. The lowest BCUT2D eigenvalue weighted by Crippen LogP contribution is -2.15. The number of benzene rings is 3. The molecule has 2 amide bonds. The highest BCUT2D eigenvalue weighted by atomic mass is 79.9. The van der Waals surface area contributed by atoms with Crippen LogP contribution in [0.15, 0.2) is 71.2 Å². The molecule has 142 valence electrons. The maximum atomic E-state index is 12.5. The number of hydrogen-bond donors (Lipinski definition) is 2. The molecule has 0 aliphatic heterocycles. The van der Waals surface area contributed by atoms with E-state index in [2.05, 4.69) is 26.6 Å². The second-order valence-electron chi connectivity index (χ2n) is 6.15. The minimum atomic E-state index is -0.244. The smallest absolute Gasteiger partial charge is 0.255 e. The highest BCUT2D eigenvalue weighted by Gasteiger charge is 2.14. The van der Waals surface area contributed by atoms with Gasteiger partial charge < -0.3 is 15.4 Å². The molecule has 0 aromatic heterocycles. The van der Waals surface area contributed by atoms with Crippen molar-refractivity contribution >= 4 is 39.1 Å². The minimum Gasteiger partial charge on any atom is -0.494 e. The molecule has 0 aliphatic carbocycles. The lowest BCUT2D eigenvalue weighted by Gasteiger charge is -2.15. The van der Waals surface area contributed by atoms with Crippen LogP contribution in [0.25, 0.3) is 0 Å². The number of nitrogens with one attached hydrogen (secondary N) is 2. The molecule has 0 radical (unpaired) electrons. The van der Waals surface area contributed by atoms with E-state index in [0.717, 1.165) is 10.0 Å². The summed E-state index contributed by atoms with van der Waals surface area (Å²) in [5, 5.41) is 5.74. The van der Waals surface area contributed by atoms with Gasteiger partial charge in [0.1, 0.15) is 5.75 Å². The van der Waals surface area contributed by atoms with Gasteiger partial charge in [0, 0.05) is 27.4 Å². The maximum absolute atomic E-state index is 12.5. The van der Waals surface area contributed by atoms with E-state index in [1.54, 1.807) is 48.5 Å². The van der Waals surface area contributed by atoms with Crippen LogP contribution in [0.3, 0.4) is 0 Å². The fraction of sp³-hybridized carbons (Fsp3) is 0.0909. The monoisotopic (exact) mass is 438 g/mol. The summed E-state index contributed by atoms with van der Waals surface area (Å²) in [6.07, 6.45) is 0. The lowest BCUT2D eigenvalue weighted by atomic mass is 10.1. The number of amides is 2. The largest absolute Gasteiger partial charge is 0.494 e. The van der Waals surface area contributed by atoms with E-state index in [1.807, 2.05) is 25.1 Å². The molecular formula is C22H19BrN2O3. The van der Waals surface area contributed by atoms with Gasteiger partial charge in [-0.25, -0.2) is 0 Å². The van der Waals surface area contributed by atoms with Crippen LogP contribution >= 0.6 is 15.9 Å². The van der Waals surface area contributed by atoms with Crippen LogP contribution in [0.1, 0.15) is 26.3 Å². The summed E-state index contributed by atoms with van der Waals surface area (Å²) in [4.78, 5) is 24.9. The van der Waals surface area contributed by atoms with Crippen molar-refractivity contribution in [1.82, 2.24) is 0 Å². The van der Waals surface area contributed by atoms with Gasteiger partial charge in [-0.3, -0.25) is 9.59 Å². The highest BCUT2D eigenvalue weighted by molar-refractivity contribution is 9.10. The number of anilines is 2. The molecule has 0 saturated heterocycles. The first-order chi connectivity index (χ1) is 13.5.